The molecule has 5 rings (SSSR count). The Kier molecular flexibility index (Phi) is 5.25. The maximum absolute atomic E-state index is 13.1. The number of rotatable bonds is 4. The van der Waals surface area contributed by atoms with E-state index in [-0.39, 0.29) is 5.91 Å². The molecule has 0 saturated carbocycles. The zero-order valence-electron chi connectivity index (χ0n) is 17.6. The molecule has 1 spiro atoms. The van der Waals surface area contributed by atoms with Gasteiger partial charge in [0.05, 0.1) is 23.6 Å². The molecule has 0 aromatic carbocycles. The molecule has 0 radical (unpaired) electrons. The molecule has 1 amide bonds. The summed E-state index contributed by atoms with van der Waals surface area (Å²) >= 11 is 0. The molecule has 0 bridgehead atoms. The van der Waals surface area contributed by atoms with Gasteiger partial charge in [0.2, 0.25) is 0 Å². The van der Waals surface area contributed by atoms with Crippen LogP contribution in [0.25, 0.3) is 0 Å². The van der Waals surface area contributed by atoms with Crippen LogP contribution in [0.5, 0.6) is 0 Å². The standard InChI is InChI=1S/C23H26N6O2/c1-17-19(6-4-10-24-17)27-21(30)20-16-29-14-11-26-22(29)23(31-20)7-12-28(13-8-23)15-18-5-2-3-9-25-18/h2-6,9-11,14,20H,7-8,12-13,15-16H2,1H3,(H,27,30)/t20-/m0/s1. The molecule has 3 aromatic rings. The normalized spacial score (nSPS) is 20.4. The molecule has 5 heterocycles. The van der Waals surface area contributed by atoms with E-state index in [1.54, 1.807) is 12.4 Å². The Morgan fingerprint density at radius 1 is 1.13 bits per heavy atom. The number of hydrogen-bond donors (Lipinski definition) is 1. The maximum atomic E-state index is 13.1. The van der Waals surface area contributed by atoms with Gasteiger partial charge in [0.25, 0.3) is 5.91 Å². The minimum absolute atomic E-state index is 0.147. The number of pyridine rings is 2. The molecule has 1 atom stereocenters. The van der Waals surface area contributed by atoms with Crippen LogP contribution in [0.15, 0.2) is 55.1 Å². The van der Waals surface area contributed by atoms with Crippen molar-refractivity contribution in [2.24, 2.45) is 0 Å². The summed E-state index contributed by atoms with van der Waals surface area (Å²) in [6.45, 7) is 4.87. The Labute approximate surface area is 181 Å². The van der Waals surface area contributed by atoms with E-state index in [0.717, 1.165) is 49.7 Å². The van der Waals surface area contributed by atoms with Crippen LogP contribution in [0.4, 0.5) is 5.69 Å². The summed E-state index contributed by atoms with van der Waals surface area (Å²) in [4.78, 5) is 28.7. The highest BCUT2D eigenvalue weighted by atomic mass is 16.5. The SMILES string of the molecule is Cc1ncccc1NC(=O)[C@@H]1Cn2ccnc2C2(CCN(Cc3ccccn3)CC2)O1. The van der Waals surface area contributed by atoms with Crippen molar-refractivity contribution in [3.63, 3.8) is 0 Å². The Hall–Kier alpha value is -3.10. The fourth-order valence-electron chi connectivity index (χ4n) is 4.50. The van der Waals surface area contributed by atoms with E-state index in [2.05, 4.69) is 35.8 Å². The van der Waals surface area contributed by atoms with Crippen molar-refractivity contribution >= 4 is 11.6 Å². The number of carbonyl (C=O) groups excluding carboxylic acids is 1. The van der Waals surface area contributed by atoms with Gasteiger partial charge in [-0.05, 0) is 44.0 Å². The van der Waals surface area contributed by atoms with Crippen molar-refractivity contribution < 1.29 is 9.53 Å². The van der Waals surface area contributed by atoms with E-state index in [9.17, 15) is 4.79 Å². The van der Waals surface area contributed by atoms with Gasteiger partial charge >= 0.3 is 0 Å². The largest absolute Gasteiger partial charge is 0.352 e. The molecular formula is C23H26N6O2. The number of aromatic nitrogens is 4. The lowest BCUT2D eigenvalue weighted by molar-refractivity contribution is -0.170. The maximum Gasteiger partial charge on any atom is 0.255 e. The Bertz CT molecular complexity index is 1060. The number of imidazole rings is 1. The van der Waals surface area contributed by atoms with Gasteiger partial charge in [-0.15, -0.1) is 0 Å². The van der Waals surface area contributed by atoms with Crippen LogP contribution in [0.2, 0.25) is 0 Å². The molecule has 1 N–H and O–H groups in total. The average molecular weight is 419 g/mol. The lowest BCUT2D eigenvalue weighted by atomic mass is 9.88. The van der Waals surface area contributed by atoms with Crippen molar-refractivity contribution in [3.05, 3.63) is 72.3 Å². The Balaban J connectivity index is 1.31. The number of aryl methyl sites for hydroxylation is 1. The summed E-state index contributed by atoms with van der Waals surface area (Å²) in [5.41, 5.74) is 2.02. The van der Waals surface area contributed by atoms with Crippen LogP contribution in [0.3, 0.4) is 0 Å². The molecule has 31 heavy (non-hydrogen) atoms. The molecule has 2 aliphatic rings. The van der Waals surface area contributed by atoms with Gasteiger partial charge in [0.15, 0.2) is 6.10 Å². The van der Waals surface area contributed by atoms with E-state index >= 15 is 0 Å². The van der Waals surface area contributed by atoms with E-state index in [0.29, 0.717) is 12.2 Å². The second-order valence-electron chi connectivity index (χ2n) is 8.23. The average Bonchev–Trinajstić information content (AvgIpc) is 3.27. The molecule has 1 fully saturated rings. The first-order valence-electron chi connectivity index (χ1n) is 10.7. The highest BCUT2D eigenvalue weighted by molar-refractivity contribution is 5.94. The van der Waals surface area contributed by atoms with Gasteiger partial charge in [-0.25, -0.2) is 4.98 Å². The summed E-state index contributed by atoms with van der Waals surface area (Å²) in [6, 6.07) is 9.67. The van der Waals surface area contributed by atoms with Gasteiger partial charge < -0.3 is 14.6 Å². The van der Waals surface area contributed by atoms with Gasteiger partial charge in [-0.2, -0.15) is 0 Å². The predicted octanol–water partition coefficient (Wildman–Crippen LogP) is 2.51. The zero-order valence-corrected chi connectivity index (χ0v) is 17.6. The number of anilines is 1. The molecule has 0 unspecified atom stereocenters. The number of nitrogens with one attached hydrogen (secondary N) is 1. The zero-order chi connectivity index (χ0) is 21.3. The van der Waals surface area contributed by atoms with Gasteiger partial charge in [0.1, 0.15) is 11.4 Å². The van der Waals surface area contributed by atoms with Crippen molar-refractivity contribution in [1.82, 2.24) is 24.4 Å². The third-order valence-corrected chi connectivity index (χ3v) is 6.19. The number of ether oxygens (including phenoxy) is 1. The van der Waals surface area contributed by atoms with Crippen LogP contribution in [0.1, 0.15) is 30.1 Å². The fraction of sp³-hybridized carbons (Fsp3) is 0.391. The molecule has 0 aliphatic carbocycles. The number of fused-ring (bicyclic) bond motifs is 2. The van der Waals surface area contributed by atoms with Crippen molar-refractivity contribution in [1.29, 1.82) is 0 Å². The molecule has 160 valence electrons. The lowest BCUT2D eigenvalue weighted by Crippen LogP contribution is -2.53. The van der Waals surface area contributed by atoms with Gasteiger partial charge in [-0.1, -0.05) is 6.07 Å². The molecule has 8 heteroatoms. The quantitative estimate of drug-likeness (QED) is 0.701. The summed E-state index contributed by atoms with van der Waals surface area (Å²) in [5, 5.41) is 2.99. The summed E-state index contributed by atoms with van der Waals surface area (Å²) in [5.74, 6) is 0.775. The monoisotopic (exact) mass is 418 g/mol. The third-order valence-electron chi connectivity index (χ3n) is 6.19. The summed E-state index contributed by atoms with van der Waals surface area (Å²) in [6.07, 6.45) is 8.27. The van der Waals surface area contributed by atoms with E-state index < -0.39 is 11.7 Å². The van der Waals surface area contributed by atoms with E-state index in [4.69, 9.17) is 4.74 Å². The first kappa shape index (κ1) is 19.8. The number of hydrogen-bond acceptors (Lipinski definition) is 6. The van der Waals surface area contributed by atoms with Crippen LogP contribution in [-0.4, -0.2) is 49.5 Å². The second kappa shape index (κ2) is 8.20. The van der Waals surface area contributed by atoms with Crippen molar-refractivity contribution in [3.8, 4) is 0 Å². The first-order valence-corrected chi connectivity index (χ1v) is 10.7. The number of amides is 1. The second-order valence-corrected chi connectivity index (χ2v) is 8.23. The minimum Gasteiger partial charge on any atom is -0.352 e. The Morgan fingerprint density at radius 2 is 1.97 bits per heavy atom. The highest BCUT2D eigenvalue weighted by Crippen LogP contribution is 2.40. The fourth-order valence-corrected chi connectivity index (χ4v) is 4.50. The molecule has 2 aliphatic heterocycles. The number of likely N-dealkylation sites (tertiary alicyclic amines) is 1. The molecule has 1 saturated heterocycles. The number of nitrogens with zero attached hydrogens (tertiary/aromatic N) is 5. The number of carbonyl (C=O) groups is 1. The number of piperidine rings is 1. The van der Waals surface area contributed by atoms with Crippen LogP contribution >= 0.6 is 0 Å². The van der Waals surface area contributed by atoms with Crippen LogP contribution in [0, 0.1) is 6.92 Å². The van der Waals surface area contributed by atoms with Gasteiger partial charge in [-0.3, -0.25) is 19.7 Å². The van der Waals surface area contributed by atoms with Crippen molar-refractivity contribution in [2.75, 3.05) is 18.4 Å². The van der Waals surface area contributed by atoms with Crippen molar-refractivity contribution in [2.45, 2.75) is 44.6 Å². The summed E-state index contributed by atoms with van der Waals surface area (Å²) in [7, 11) is 0. The Morgan fingerprint density at radius 3 is 2.74 bits per heavy atom. The van der Waals surface area contributed by atoms with E-state index in [1.165, 1.54) is 0 Å². The smallest absolute Gasteiger partial charge is 0.255 e. The molecule has 3 aromatic heterocycles. The van der Waals surface area contributed by atoms with Gasteiger partial charge in [0, 0.05) is 44.4 Å². The third kappa shape index (κ3) is 3.96. The predicted molar refractivity (Wildman–Crippen MR) is 115 cm³/mol. The van der Waals surface area contributed by atoms with E-state index in [1.807, 2.05) is 43.6 Å². The molecular weight excluding hydrogens is 392 g/mol. The lowest BCUT2D eigenvalue weighted by Gasteiger charge is -2.45. The molecule has 8 nitrogen and oxygen atoms in total. The minimum atomic E-state index is -0.580. The first-order chi connectivity index (χ1) is 15.1. The highest BCUT2D eigenvalue weighted by Gasteiger charge is 2.47. The van der Waals surface area contributed by atoms with Crippen LogP contribution in [-0.2, 0) is 28.2 Å². The summed E-state index contributed by atoms with van der Waals surface area (Å²) < 4.78 is 8.58. The van der Waals surface area contributed by atoms with Crippen LogP contribution < -0.4 is 5.32 Å². The topological polar surface area (TPSA) is 85.2 Å².